The second-order valence-corrected chi connectivity index (χ2v) is 9.64. The van der Waals surface area contributed by atoms with Crippen LogP contribution < -0.4 is 15.5 Å². The van der Waals surface area contributed by atoms with Gasteiger partial charge in [0.2, 0.25) is 0 Å². The number of aliphatic hydroxyl groups excluding tert-OH is 1. The molecule has 36 heavy (non-hydrogen) atoms. The fraction of sp³-hybridized carbons (Fsp3) is 0.360. The van der Waals surface area contributed by atoms with Gasteiger partial charge in [0.1, 0.15) is 23.7 Å². The standard InChI is InChI=1S/C25H25F4N3O4/c1-24(2,3)36-20(33)10-30-23(35)17-11-32-12-19(13-4-6-14(7-5-13)25(27,28)29)31-18-9-15(26)8-16(21(18)32)22(17)34/h4-9,19,31,34H,10-12H2,1-3H3,(H,30,35). The van der Waals surface area contributed by atoms with Crippen LogP contribution in [0.4, 0.5) is 28.9 Å². The van der Waals surface area contributed by atoms with Gasteiger partial charge in [-0.1, -0.05) is 12.1 Å². The van der Waals surface area contributed by atoms with Crippen LogP contribution >= 0.6 is 0 Å². The lowest BCUT2D eigenvalue weighted by Gasteiger charge is -2.41. The zero-order valence-corrected chi connectivity index (χ0v) is 19.8. The minimum Gasteiger partial charge on any atom is -0.507 e. The van der Waals surface area contributed by atoms with E-state index in [4.69, 9.17) is 4.74 Å². The van der Waals surface area contributed by atoms with E-state index in [1.807, 2.05) is 0 Å². The lowest BCUT2D eigenvalue weighted by molar-refractivity contribution is -0.154. The zero-order valence-electron chi connectivity index (χ0n) is 19.8. The lowest BCUT2D eigenvalue weighted by Crippen LogP contribution is -2.44. The Morgan fingerprint density at radius 2 is 1.83 bits per heavy atom. The monoisotopic (exact) mass is 507 g/mol. The van der Waals surface area contributed by atoms with Crippen LogP contribution in [0, 0.1) is 5.82 Å². The molecule has 0 spiro atoms. The van der Waals surface area contributed by atoms with Crippen LogP contribution in [0.2, 0.25) is 0 Å². The molecular formula is C25H25F4N3O4. The van der Waals surface area contributed by atoms with Crippen molar-refractivity contribution in [3.8, 4) is 0 Å². The van der Waals surface area contributed by atoms with Crippen molar-refractivity contribution in [1.29, 1.82) is 0 Å². The molecule has 4 rings (SSSR count). The quantitative estimate of drug-likeness (QED) is 0.415. The van der Waals surface area contributed by atoms with Gasteiger partial charge >= 0.3 is 12.1 Å². The zero-order chi connectivity index (χ0) is 26.4. The van der Waals surface area contributed by atoms with Gasteiger partial charge in [-0.3, -0.25) is 9.59 Å². The molecule has 7 nitrogen and oxygen atoms in total. The molecule has 0 aromatic heterocycles. The third-order valence-corrected chi connectivity index (χ3v) is 5.74. The average molecular weight is 507 g/mol. The number of amides is 1. The van der Waals surface area contributed by atoms with Gasteiger partial charge in [-0.2, -0.15) is 13.2 Å². The summed E-state index contributed by atoms with van der Waals surface area (Å²) in [6.07, 6.45) is -4.47. The molecule has 1 unspecified atom stereocenters. The van der Waals surface area contributed by atoms with Gasteiger partial charge < -0.3 is 25.4 Å². The molecule has 192 valence electrons. The summed E-state index contributed by atoms with van der Waals surface area (Å²) in [5.41, 5.74) is -0.163. The number of carbonyl (C=O) groups excluding carboxylic acids is 2. The molecule has 2 heterocycles. The van der Waals surface area contributed by atoms with E-state index in [2.05, 4.69) is 10.6 Å². The molecule has 2 aliphatic rings. The summed E-state index contributed by atoms with van der Waals surface area (Å²) in [7, 11) is 0. The van der Waals surface area contributed by atoms with Crippen molar-refractivity contribution in [3.63, 3.8) is 0 Å². The Balaban J connectivity index is 1.59. The number of ether oxygens (including phenoxy) is 1. The lowest BCUT2D eigenvalue weighted by atomic mass is 9.93. The number of nitrogens with one attached hydrogen (secondary N) is 2. The van der Waals surface area contributed by atoms with Gasteiger partial charge in [0.25, 0.3) is 5.91 Å². The summed E-state index contributed by atoms with van der Waals surface area (Å²) in [6.45, 7) is 4.79. The summed E-state index contributed by atoms with van der Waals surface area (Å²) in [5.74, 6) is -2.48. The van der Waals surface area contributed by atoms with E-state index >= 15 is 0 Å². The topological polar surface area (TPSA) is 90.9 Å². The van der Waals surface area contributed by atoms with Gasteiger partial charge in [0, 0.05) is 12.1 Å². The van der Waals surface area contributed by atoms with Crippen LogP contribution in [0.15, 0.2) is 42.0 Å². The number of hydrogen-bond donors (Lipinski definition) is 3. The number of esters is 1. The predicted molar refractivity (Wildman–Crippen MR) is 125 cm³/mol. The molecule has 1 atom stereocenters. The van der Waals surface area contributed by atoms with Crippen LogP contribution in [0.1, 0.15) is 43.5 Å². The maximum absolute atomic E-state index is 14.4. The minimum absolute atomic E-state index is 0.0591. The SMILES string of the molecule is CC(C)(C)OC(=O)CNC(=O)C1=C(O)c2cc(F)cc3c2N(C1)CC(c1ccc(C(F)(F)F)cc1)N3. The third-order valence-electron chi connectivity index (χ3n) is 5.74. The molecule has 11 heteroatoms. The number of halogens is 4. The van der Waals surface area contributed by atoms with Crippen molar-refractivity contribution < 1.29 is 37.0 Å². The van der Waals surface area contributed by atoms with E-state index in [9.17, 15) is 32.3 Å². The fourth-order valence-corrected chi connectivity index (χ4v) is 4.26. The molecule has 2 aromatic carbocycles. The summed E-state index contributed by atoms with van der Waals surface area (Å²) in [4.78, 5) is 26.6. The van der Waals surface area contributed by atoms with Crippen LogP contribution in [-0.2, 0) is 20.5 Å². The van der Waals surface area contributed by atoms with E-state index in [0.717, 1.165) is 18.2 Å². The maximum atomic E-state index is 14.4. The van der Waals surface area contributed by atoms with Crippen LogP contribution in [0.25, 0.3) is 5.76 Å². The largest absolute Gasteiger partial charge is 0.507 e. The Morgan fingerprint density at radius 1 is 1.17 bits per heavy atom. The maximum Gasteiger partial charge on any atom is 0.416 e. The normalized spacial score (nSPS) is 17.3. The van der Waals surface area contributed by atoms with Crippen molar-refractivity contribution in [2.45, 2.75) is 38.6 Å². The Hall–Kier alpha value is -3.76. The molecule has 2 aliphatic heterocycles. The number of anilines is 2. The molecular weight excluding hydrogens is 482 g/mol. The van der Waals surface area contributed by atoms with E-state index in [-0.39, 0.29) is 24.2 Å². The van der Waals surface area contributed by atoms with Crippen molar-refractivity contribution in [3.05, 3.63) is 64.5 Å². The first-order valence-electron chi connectivity index (χ1n) is 11.2. The summed E-state index contributed by atoms with van der Waals surface area (Å²) in [6, 6.07) is 6.45. The predicted octanol–water partition coefficient (Wildman–Crippen LogP) is 4.56. The van der Waals surface area contributed by atoms with E-state index in [0.29, 0.717) is 16.9 Å². The molecule has 0 saturated heterocycles. The second kappa shape index (κ2) is 9.03. The highest BCUT2D eigenvalue weighted by molar-refractivity contribution is 6.05. The van der Waals surface area contributed by atoms with Crippen LogP contribution in [-0.4, -0.2) is 42.2 Å². The Bertz CT molecular complexity index is 1230. The summed E-state index contributed by atoms with van der Waals surface area (Å²) >= 11 is 0. The number of carbonyl (C=O) groups is 2. The molecule has 0 radical (unpaired) electrons. The molecule has 3 N–H and O–H groups in total. The van der Waals surface area contributed by atoms with Crippen molar-refractivity contribution >= 4 is 29.0 Å². The number of alkyl halides is 3. The van der Waals surface area contributed by atoms with Gasteiger partial charge in [-0.25, -0.2) is 4.39 Å². The highest BCUT2D eigenvalue weighted by Gasteiger charge is 2.36. The number of hydrogen-bond acceptors (Lipinski definition) is 6. The van der Waals surface area contributed by atoms with E-state index in [1.165, 1.54) is 18.2 Å². The number of benzene rings is 2. The third kappa shape index (κ3) is 5.24. The fourth-order valence-electron chi connectivity index (χ4n) is 4.26. The van der Waals surface area contributed by atoms with Gasteiger partial charge in [-0.05, 0) is 50.6 Å². The Kier molecular flexibility index (Phi) is 6.36. The Labute approximate surface area is 204 Å². The average Bonchev–Trinajstić information content (AvgIpc) is 2.77. The molecule has 1 amide bonds. The second-order valence-electron chi connectivity index (χ2n) is 9.64. The van der Waals surface area contributed by atoms with Crippen molar-refractivity contribution in [2.75, 3.05) is 29.9 Å². The highest BCUT2D eigenvalue weighted by atomic mass is 19.4. The number of nitrogens with zero attached hydrogens (tertiary/aromatic N) is 1. The molecule has 0 aliphatic carbocycles. The molecule has 0 fully saturated rings. The van der Waals surface area contributed by atoms with Gasteiger partial charge in [-0.15, -0.1) is 0 Å². The highest BCUT2D eigenvalue weighted by Crippen LogP contribution is 2.45. The van der Waals surface area contributed by atoms with Gasteiger partial charge in [0.05, 0.1) is 35.1 Å². The van der Waals surface area contributed by atoms with Crippen LogP contribution in [0.3, 0.4) is 0 Å². The van der Waals surface area contributed by atoms with E-state index < -0.39 is 53.4 Å². The van der Waals surface area contributed by atoms with Crippen molar-refractivity contribution in [2.24, 2.45) is 0 Å². The van der Waals surface area contributed by atoms with Gasteiger partial charge in [0.15, 0.2) is 0 Å². The first kappa shape index (κ1) is 25.3. The molecule has 0 saturated carbocycles. The molecule has 2 aromatic rings. The first-order valence-corrected chi connectivity index (χ1v) is 11.2. The van der Waals surface area contributed by atoms with Crippen molar-refractivity contribution in [1.82, 2.24) is 5.32 Å². The summed E-state index contributed by atoms with van der Waals surface area (Å²) in [5, 5.41) is 16.3. The molecule has 0 bridgehead atoms. The minimum atomic E-state index is -4.47. The Morgan fingerprint density at radius 3 is 2.44 bits per heavy atom. The van der Waals surface area contributed by atoms with Crippen LogP contribution in [0.5, 0.6) is 0 Å². The summed E-state index contributed by atoms with van der Waals surface area (Å²) < 4.78 is 58.5. The number of rotatable bonds is 4. The number of aliphatic hydroxyl groups is 1. The first-order chi connectivity index (χ1) is 16.7. The smallest absolute Gasteiger partial charge is 0.416 e. The van der Waals surface area contributed by atoms with E-state index in [1.54, 1.807) is 25.7 Å².